The molecule has 1 aliphatic carbocycles. The molecule has 2 N–H and O–H groups in total. The Kier molecular flexibility index (Phi) is 3.65. The monoisotopic (exact) mass is 255 g/mol. The Labute approximate surface area is 114 Å². The van der Waals surface area contributed by atoms with Crippen molar-refractivity contribution < 1.29 is 0 Å². The molecular weight excluding hydrogens is 234 g/mol. The fourth-order valence-electron chi connectivity index (χ4n) is 2.86. The molecular formula is C16H21N3. The first-order chi connectivity index (χ1) is 9.34. The van der Waals surface area contributed by atoms with Crippen molar-refractivity contribution >= 4 is 11.0 Å². The van der Waals surface area contributed by atoms with Crippen LogP contribution in [0, 0.1) is 0 Å². The van der Waals surface area contributed by atoms with Crippen molar-refractivity contribution in [1.29, 1.82) is 0 Å². The molecule has 1 atom stereocenters. The predicted octanol–water partition coefficient (Wildman–Crippen LogP) is 3.25. The summed E-state index contributed by atoms with van der Waals surface area (Å²) < 4.78 is 2.17. The third-order valence-corrected chi connectivity index (χ3v) is 3.97. The van der Waals surface area contributed by atoms with Crippen LogP contribution in [0.15, 0.2) is 42.2 Å². The zero-order chi connectivity index (χ0) is 13.1. The fourth-order valence-corrected chi connectivity index (χ4v) is 2.86. The van der Waals surface area contributed by atoms with Gasteiger partial charge in [0.2, 0.25) is 0 Å². The van der Waals surface area contributed by atoms with Gasteiger partial charge in [-0.1, -0.05) is 30.2 Å². The molecule has 3 nitrogen and oxygen atoms in total. The van der Waals surface area contributed by atoms with E-state index >= 15 is 0 Å². The maximum absolute atomic E-state index is 6.38. The number of fused-ring (bicyclic) bond motifs is 1. The van der Waals surface area contributed by atoms with Crippen LogP contribution in [0.1, 0.15) is 32.1 Å². The van der Waals surface area contributed by atoms with Gasteiger partial charge in [0.15, 0.2) is 0 Å². The number of nitrogens with zero attached hydrogens (tertiary/aromatic N) is 2. The highest BCUT2D eigenvalue weighted by Crippen LogP contribution is 2.21. The summed E-state index contributed by atoms with van der Waals surface area (Å²) in [7, 11) is 0. The molecule has 1 unspecified atom stereocenters. The normalized spacial score (nSPS) is 18.1. The quantitative estimate of drug-likeness (QED) is 0.856. The molecule has 0 amide bonds. The zero-order valence-corrected chi connectivity index (χ0v) is 11.3. The average molecular weight is 255 g/mol. The molecule has 0 spiro atoms. The van der Waals surface area contributed by atoms with E-state index in [2.05, 4.69) is 27.8 Å². The lowest BCUT2D eigenvalue weighted by atomic mass is 10.0. The van der Waals surface area contributed by atoms with E-state index in [0.29, 0.717) is 0 Å². The van der Waals surface area contributed by atoms with E-state index in [1.54, 1.807) is 0 Å². The number of aromatic nitrogens is 2. The molecule has 0 saturated carbocycles. The van der Waals surface area contributed by atoms with Gasteiger partial charge in [-0.05, 0) is 37.8 Å². The van der Waals surface area contributed by atoms with Gasteiger partial charge in [-0.2, -0.15) is 0 Å². The minimum Gasteiger partial charge on any atom is -0.329 e. The highest BCUT2D eigenvalue weighted by Gasteiger charge is 2.13. The number of hydrogen-bond donors (Lipinski definition) is 1. The molecule has 100 valence electrons. The number of para-hydroxylation sites is 2. The molecule has 1 aromatic heterocycles. The van der Waals surface area contributed by atoms with E-state index in [9.17, 15) is 0 Å². The maximum atomic E-state index is 6.38. The summed E-state index contributed by atoms with van der Waals surface area (Å²) in [5.41, 5.74) is 10.0. The second-order valence-corrected chi connectivity index (χ2v) is 5.37. The van der Waals surface area contributed by atoms with Gasteiger partial charge in [-0.3, -0.25) is 0 Å². The summed E-state index contributed by atoms with van der Waals surface area (Å²) in [5.74, 6) is 0. The molecule has 3 rings (SSSR count). The van der Waals surface area contributed by atoms with Crippen molar-refractivity contribution in [3.05, 3.63) is 42.2 Å². The van der Waals surface area contributed by atoms with Crippen LogP contribution in [-0.4, -0.2) is 15.6 Å². The van der Waals surface area contributed by atoms with Crippen LogP contribution in [0.25, 0.3) is 11.0 Å². The van der Waals surface area contributed by atoms with Crippen LogP contribution >= 0.6 is 0 Å². The lowest BCUT2D eigenvalue weighted by molar-refractivity contribution is 0.593. The Morgan fingerprint density at radius 1 is 1.21 bits per heavy atom. The number of benzene rings is 1. The summed E-state index contributed by atoms with van der Waals surface area (Å²) >= 11 is 0. The largest absolute Gasteiger partial charge is 0.329 e. The minimum absolute atomic E-state index is 0.121. The van der Waals surface area contributed by atoms with Gasteiger partial charge < -0.3 is 10.3 Å². The molecule has 0 saturated heterocycles. The van der Waals surface area contributed by atoms with Crippen LogP contribution in [0.2, 0.25) is 0 Å². The molecule has 1 aromatic carbocycles. The molecule has 2 aromatic rings. The molecule has 1 heterocycles. The second kappa shape index (κ2) is 5.57. The lowest BCUT2D eigenvalue weighted by Gasteiger charge is -2.16. The van der Waals surface area contributed by atoms with Crippen molar-refractivity contribution in [2.45, 2.75) is 44.7 Å². The predicted molar refractivity (Wildman–Crippen MR) is 78.9 cm³/mol. The van der Waals surface area contributed by atoms with Gasteiger partial charge in [-0.15, -0.1) is 0 Å². The van der Waals surface area contributed by atoms with Crippen molar-refractivity contribution in [2.75, 3.05) is 0 Å². The first kappa shape index (κ1) is 12.4. The minimum atomic E-state index is 0.121. The fraction of sp³-hybridized carbons (Fsp3) is 0.438. The van der Waals surface area contributed by atoms with Crippen molar-refractivity contribution in [3.63, 3.8) is 0 Å². The number of nitrogens with two attached hydrogens (primary N) is 1. The highest BCUT2D eigenvalue weighted by molar-refractivity contribution is 5.74. The van der Waals surface area contributed by atoms with Crippen LogP contribution < -0.4 is 5.73 Å². The molecule has 1 aliphatic rings. The van der Waals surface area contributed by atoms with Crippen molar-refractivity contribution in [3.8, 4) is 0 Å². The van der Waals surface area contributed by atoms with Gasteiger partial charge in [0.1, 0.15) is 0 Å². The summed E-state index contributed by atoms with van der Waals surface area (Å²) in [6, 6.07) is 8.35. The van der Waals surface area contributed by atoms with Gasteiger partial charge in [0.05, 0.1) is 17.4 Å². The van der Waals surface area contributed by atoms with Gasteiger partial charge >= 0.3 is 0 Å². The van der Waals surface area contributed by atoms with Crippen molar-refractivity contribution in [2.24, 2.45) is 5.73 Å². The third-order valence-electron chi connectivity index (χ3n) is 3.97. The van der Waals surface area contributed by atoms with Crippen LogP contribution in [0.5, 0.6) is 0 Å². The first-order valence-corrected chi connectivity index (χ1v) is 7.19. The van der Waals surface area contributed by atoms with Crippen LogP contribution in [0.3, 0.4) is 0 Å². The molecule has 0 radical (unpaired) electrons. The molecule has 3 heteroatoms. The number of allylic oxidation sites excluding steroid dienone is 1. The van der Waals surface area contributed by atoms with Gasteiger partial charge in [-0.25, -0.2) is 4.98 Å². The molecule has 0 fully saturated rings. The smallest absolute Gasteiger partial charge is 0.0958 e. The Morgan fingerprint density at radius 3 is 3.05 bits per heavy atom. The SMILES string of the molecule is NC(Cn1cnc2ccccc21)C1=CCCCCC1. The molecule has 0 bridgehead atoms. The topological polar surface area (TPSA) is 43.8 Å². The summed E-state index contributed by atoms with van der Waals surface area (Å²) in [6.45, 7) is 0.826. The Balaban J connectivity index is 1.78. The average Bonchev–Trinajstić information content (AvgIpc) is 2.66. The van der Waals surface area contributed by atoms with E-state index in [0.717, 1.165) is 18.5 Å². The molecule has 19 heavy (non-hydrogen) atoms. The maximum Gasteiger partial charge on any atom is 0.0958 e. The van der Waals surface area contributed by atoms with E-state index in [4.69, 9.17) is 5.73 Å². The number of rotatable bonds is 3. The summed E-state index contributed by atoms with van der Waals surface area (Å²) in [6.07, 6.45) is 10.5. The molecule has 0 aliphatic heterocycles. The van der Waals surface area contributed by atoms with Gasteiger partial charge in [0, 0.05) is 12.6 Å². The van der Waals surface area contributed by atoms with E-state index in [-0.39, 0.29) is 6.04 Å². The van der Waals surface area contributed by atoms with E-state index < -0.39 is 0 Å². The van der Waals surface area contributed by atoms with E-state index in [1.165, 1.54) is 36.8 Å². The second-order valence-electron chi connectivity index (χ2n) is 5.37. The van der Waals surface area contributed by atoms with Gasteiger partial charge in [0.25, 0.3) is 0 Å². The number of imidazole rings is 1. The zero-order valence-electron chi connectivity index (χ0n) is 11.3. The van der Waals surface area contributed by atoms with Crippen LogP contribution in [0.4, 0.5) is 0 Å². The Morgan fingerprint density at radius 2 is 2.11 bits per heavy atom. The Bertz CT molecular complexity index is 582. The van der Waals surface area contributed by atoms with Crippen LogP contribution in [-0.2, 0) is 6.54 Å². The number of hydrogen-bond acceptors (Lipinski definition) is 2. The summed E-state index contributed by atoms with van der Waals surface area (Å²) in [5, 5.41) is 0. The summed E-state index contributed by atoms with van der Waals surface area (Å²) in [4.78, 5) is 4.42. The lowest BCUT2D eigenvalue weighted by Crippen LogP contribution is -2.28. The Hall–Kier alpha value is -1.61. The third kappa shape index (κ3) is 2.71. The highest BCUT2D eigenvalue weighted by atomic mass is 15.1. The standard InChI is InChI=1S/C16H21N3/c17-14(13-7-3-1-2-4-8-13)11-19-12-18-15-9-5-6-10-16(15)19/h5-7,9-10,12,14H,1-4,8,11,17H2. The van der Waals surface area contributed by atoms with Crippen molar-refractivity contribution in [1.82, 2.24) is 9.55 Å². The van der Waals surface area contributed by atoms with E-state index in [1.807, 2.05) is 18.5 Å². The first-order valence-electron chi connectivity index (χ1n) is 7.19.